The summed E-state index contributed by atoms with van der Waals surface area (Å²) in [5.74, 6) is 0. The van der Waals surface area contributed by atoms with Crippen molar-refractivity contribution in [3.05, 3.63) is 59.7 Å². The molecule has 0 radical (unpaired) electrons. The standard InChI is InChI=1S/C17H17NO/c1-2-6-13(7-3-1)17-10-14-8-4-5-9-16(14)11-15(12-17)19-18(16)17/h1-4,6-8,10,15H,5,9,11-12H2. The molecule has 2 nitrogen and oxygen atoms in total. The summed E-state index contributed by atoms with van der Waals surface area (Å²) < 4.78 is 0. The van der Waals surface area contributed by atoms with E-state index in [1.54, 1.807) is 0 Å². The lowest BCUT2D eigenvalue weighted by Crippen LogP contribution is -2.50. The molecule has 96 valence electrons. The molecule has 2 fully saturated rings. The minimum absolute atomic E-state index is 0.00576. The molecule has 2 heteroatoms. The summed E-state index contributed by atoms with van der Waals surface area (Å²) in [6.45, 7) is 0. The molecule has 4 aliphatic rings. The normalized spacial score (nSPS) is 42.5. The lowest BCUT2D eigenvalue weighted by atomic mass is 9.76. The molecule has 5 rings (SSSR count). The molecule has 0 amide bonds. The Labute approximate surface area is 113 Å². The van der Waals surface area contributed by atoms with Gasteiger partial charge in [-0.25, -0.2) is 0 Å². The Balaban J connectivity index is 1.74. The van der Waals surface area contributed by atoms with E-state index in [9.17, 15) is 0 Å². The van der Waals surface area contributed by atoms with Gasteiger partial charge in [-0.15, -0.1) is 0 Å². The van der Waals surface area contributed by atoms with Gasteiger partial charge in [-0.1, -0.05) is 48.6 Å². The number of allylic oxidation sites excluding steroid dienone is 1. The molecular weight excluding hydrogens is 234 g/mol. The van der Waals surface area contributed by atoms with Gasteiger partial charge in [-0.05, 0) is 24.0 Å². The molecule has 3 atom stereocenters. The van der Waals surface area contributed by atoms with Crippen LogP contribution < -0.4 is 0 Å². The van der Waals surface area contributed by atoms with Crippen LogP contribution in [0.1, 0.15) is 31.2 Å². The number of fused-ring (bicyclic) bond motifs is 1. The average Bonchev–Trinajstić information content (AvgIpc) is 3.01. The molecule has 2 bridgehead atoms. The van der Waals surface area contributed by atoms with Gasteiger partial charge in [0.15, 0.2) is 0 Å². The molecule has 1 aliphatic carbocycles. The van der Waals surface area contributed by atoms with Crippen molar-refractivity contribution in [3.63, 3.8) is 0 Å². The third-order valence-corrected chi connectivity index (χ3v) is 5.34. The van der Waals surface area contributed by atoms with Gasteiger partial charge in [0.1, 0.15) is 0 Å². The van der Waals surface area contributed by atoms with Gasteiger partial charge in [0.2, 0.25) is 0 Å². The van der Waals surface area contributed by atoms with Crippen LogP contribution in [0.5, 0.6) is 0 Å². The molecule has 3 unspecified atom stereocenters. The first-order valence-corrected chi connectivity index (χ1v) is 7.26. The Morgan fingerprint density at radius 3 is 2.89 bits per heavy atom. The molecule has 3 heterocycles. The van der Waals surface area contributed by atoms with E-state index >= 15 is 0 Å². The summed E-state index contributed by atoms with van der Waals surface area (Å²) in [6.07, 6.45) is 12.2. The molecule has 2 saturated heterocycles. The van der Waals surface area contributed by atoms with Crippen molar-refractivity contribution in [2.75, 3.05) is 0 Å². The summed E-state index contributed by atoms with van der Waals surface area (Å²) in [5.41, 5.74) is 3.04. The molecule has 0 N–H and O–H groups in total. The predicted octanol–water partition coefficient (Wildman–Crippen LogP) is 3.32. The minimum atomic E-state index is -0.00576. The first kappa shape index (κ1) is 10.4. The van der Waals surface area contributed by atoms with Crippen molar-refractivity contribution in [2.24, 2.45) is 0 Å². The fraction of sp³-hybridized carbons (Fsp3) is 0.412. The summed E-state index contributed by atoms with van der Waals surface area (Å²) >= 11 is 0. The van der Waals surface area contributed by atoms with Gasteiger partial charge in [-0.3, -0.25) is 4.84 Å². The van der Waals surface area contributed by atoms with Crippen LogP contribution in [-0.2, 0) is 10.4 Å². The first-order valence-electron chi connectivity index (χ1n) is 7.26. The topological polar surface area (TPSA) is 12.5 Å². The van der Waals surface area contributed by atoms with Crippen LogP contribution in [-0.4, -0.2) is 16.7 Å². The fourth-order valence-electron chi connectivity index (χ4n) is 4.64. The minimum Gasteiger partial charge on any atom is -0.293 e. The number of piperidine rings is 1. The van der Waals surface area contributed by atoms with E-state index in [-0.39, 0.29) is 11.1 Å². The van der Waals surface area contributed by atoms with Gasteiger partial charge in [-0.2, -0.15) is 5.06 Å². The Bertz CT molecular complexity index is 605. The SMILES string of the molecule is C1=CC2=CC3(c4ccccc4)CC4CC2(CC1)N3O4. The molecule has 1 aromatic rings. The number of benzene rings is 1. The van der Waals surface area contributed by atoms with Crippen molar-refractivity contribution in [1.29, 1.82) is 0 Å². The van der Waals surface area contributed by atoms with Gasteiger partial charge in [0, 0.05) is 12.8 Å². The number of rotatable bonds is 1. The van der Waals surface area contributed by atoms with Crippen molar-refractivity contribution in [1.82, 2.24) is 5.06 Å². The second kappa shape index (κ2) is 3.20. The van der Waals surface area contributed by atoms with E-state index in [1.807, 2.05) is 0 Å². The molecule has 1 aromatic carbocycles. The maximum absolute atomic E-state index is 6.22. The first-order chi connectivity index (χ1) is 9.33. The summed E-state index contributed by atoms with van der Waals surface area (Å²) in [7, 11) is 0. The van der Waals surface area contributed by atoms with E-state index in [1.165, 1.54) is 30.4 Å². The van der Waals surface area contributed by atoms with Crippen LogP contribution in [0.3, 0.4) is 0 Å². The highest BCUT2D eigenvalue weighted by atomic mass is 16.7. The molecule has 1 spiro atoms. The zero-order valence-corrected chi connectivity index (χ0v) is 10.9. The number of hydrogen-bond acceptors (Lipinski definition) is 2. The molecule has 19 heavy (non-hydrogen) atoms. The van der Waals surface area contributed by atoms with Crippen LogP contribution >= 0.6 is 0 Å². The zero-order chi connectivity index (χ0) is 12.5. The fourth-order valence-corrected chi connectivity index (χ4v) is 4.64. The molecule has 3 aliphatic heterocycles. The van der Waals surface area contributed by atoms with Gasteiger partial charge >= 0.3 is 0 Å². The van der Waals surface area contributed by atoms with Gasteiger partial charge in [0.05, 0.1) is 17.2 Å². The molecule has 0 aromatic heterocycles. The number of hydroxylamine groups is 2. The number of nitrogens with zero attached hydrogens (tertiary/aromatic N) is 1. The number of hydrogen-bond donors (Lipinski definition) is 0. The molecular formula is C17H17NO. The van der Waals surface area contributed by atoms with Gasteiger partial charge < -0.3 is 0 Å². The van der Waals surface area contributed by atoms with Crippen molar-refractivity contribution in [2.45, 2.75) is 42.9 Å². The summed E-state index contributed by atoms with van der Waals surface area (Å²) in [5, 5.41) is 2.35. The highest BCUT2D eigenvalue weighted by Crippen LogP contribution is 2.63. The lowest BCUT2D eigenvalue weighted by molar-refractivity contribution is -0.170. The molecule has 0 saturated carbocycles. The second-order valence-electron chi connectivity index (χ2n) is 6.29. The predicted molar refractivity (Wildman–Crippen MR) is 73.3 cm³/mol. The third-order valence-electron chi connectivity index (χ3n) is 5.34. The van der Waals surface area contributed by atoms with Crippen molar-refractivity contribution >= 4 is 0 Å². The van der Waals surface area contributed by atoms with E-state index < -0.39 is 0 Å². The van der Waals surface area contributed by atoms with Crippen LogP contribution in [0.4, 0.5) is 0 Å². The van der Waals surface area contributed by atoms with E-state index in [4.69, 9.17) is 4.84 Å². The highest BCUT2D eigenvalue weighted by molar-refractivity contribution is 5.50. The van der Waals surface area contributed by atoms with E-state index in [0.717, 1.165) is 6.42 Å². The largest absolute Gasteiger partial charge is 0.293 e. The summed E-state index contributed by atoms with van der Waals surface area (Å²) in [4.78, 5) is 6.22. The van der Waals surface area contributed by atoms with Crippen molar-refractivity contribution in [3.8, 4) is 0 Å². The van der Waals surface area contributed by atoms with E-state index in [0.29, 0.717) is 6.10 Å². The Morgan fingerprint density at radius 2 is 2.05 bits per heavy atom. The van der Waals surface area contributed by atoms with E-state index in [2.05, 4.69) is 53.6 Å². The zero-order valence-electron chi connectivity index (χ0n) is 10.9. The Kier molecular flexibility index (Phi) is 1.75. The van der Waals surface area contributed by atoms with Gasteiger partial charge in [0.25, 0.3) is 0 Å². The van der Waals surface area contributed by atoms with Crippen molar-refractivity contribution < 1.29 is 4.84 Å². The third kappa shape index (κ3) is 1.07. The second-order valence-corrected chi connectivity index (χ2v) is 6.29. The smallest absolute Gasteiger partial charge is 0.0933 e. The van der Waals surface area contributed by atoms with Crippen LogP contribution in [0, 0.1) is 0 Å². The average molecular weight is 251 g/mol. The maximum Gasteiger partial charge on any atom is 0.0933 e. The maximum atomic E-state index is 6.22. The quantitative estimate of drug-likeness (QED) is 0.759. The van der Waals surface area contributed by atoms with Crippen LogP contribution in [0.15, 0.2) is 54.1 Å². The Hall–Kier alpha value is -1.38. The lowest BCUT2D eigenvalue weighted by Gasteiger charge is -2.42. The summed E-state index contributed by atoms with van der Waals surface area (Å²) in [6, 6.07) is 10.9. The monoisotopic (exact) mass is 251 g/mol. The van der Waals surface area contributed by atoms with Crippen LogP contribution in [0.25, 0.3) is 0 Å². The van der Waals surface area contributed by atoms with Crippen LogP contribution in [0.2, 0.25) is 0 Å². The Morgan fingerprint density at radius 1 is 1.16 bits per heavy atom. The highest BCUT2D eigenvalue weighted by Gasteiger charge is 2.67.